The molecule has 1 radical (unpaired) electrons. The van der Waals surface area contributed by atoms with Gasteiger partial charge in [-0.2, -0.15) is 0 Å². The van der Waals surface area contributed by atoms with Crippen LogP contribution < -0.4 is 0 Å². The number of nitro groups is 1. The molecule has 0 aliphatic rings. The van der Waals surface area contributed by atoms with Crippen LogP contribution in [0.3, 0.4) is 0 Å². The molecule has 0 spiro atoms. The van der Waals surface area contributed by atoms with Crippen molar-refractivity contribution in [1.29, 1.82) is 0 Å². The molecule has 6 heteroatoms. The highest BCUT2D eigenvalue weighted by Gasteiger charge is 2.28. The lowest BCUT2D eigenvalue weighted by Crippen LogP contribution is -2.25. The van der Waals surface area contributed by atoms with Crippen LogP contribution in [0.1, 0.15) is 32.4 Å². The van der Waals surface area contributed by atoms with E-state index >= 15 is 0 Å². The van der Waals surface area contributed by atoms with Crippen LogP contribution in [-0.2, 0) is 4.43 Å². The van der Waals surface area contributed by atoms with E-state index in [1.165, 1.54) is 12.1 Å². The van der Waals surface area contributed by atoms with Gasteiger partial charge in [0, 0.05) is 17.7 Å². The minimum Gasteiger partial charge on any atom is -0.410 e. The number of halogens is 1. The Morgan fingerprint density at radius 1 is 1.12 bits per heavy atom. The zero-order valence-electron chi connectivity index (χ0n) is 15.2. The van der Waals surface area contributed by atoms with Gasteiger partial charge in [-0.15, -0.1) is 0 Å². The molecule has 0 amide bonds. The topological polar surface area (TPSA) is 52.4 Å². The Kier molecular flexibility index (Phi) is 5.75. The summed E-state index contributed by atoms with van der Waals surface area (Å²) >= 11 is 0. The van der Waals surface area contributed by atoms with Crippen molar-refractivity contribution in [2.75, 3.05) is 0 Å². The molecule has 0 aliphatic carbocycles. The first-order valence-corrected chi connectivity index (χ1v) is 10.5. The van der Waals surface area contributed by atoms with Crippen LogP contribution in [0.5, 0.6) is 0 Å². The molecule has 2 rings (SSSR count). The Morgan fingerprint density at radius 2 is 1.72 bits per heavy atom. The lowest BCUT2D eigenvalue weighted by atomic mass is 9.84. The van der Waals surface area contributed by atoms with E-state index < -0.39 is 19.8 Å². The predicted molar refractivity (Wildman–Crippen MR) is 99.3 cm³/mol. The number of non-ortho nitro benzene ring substituents is 1. The van der Waals surface area contributed by atoms with Crippen molar-refractivity contribution >= 4 is 14.7 Å². The zero-order valence-corrected chi connectivity index (χ0v) is 16.2. The second kappa shape index (κ2) is 7.45. The van der Waals surface area contributed by atoms with Gasteiger partial charge in [0.05, 0.1) is 11.0 Å². The van der Waals surface area contributed by atoms with Crippen molar-refractivity contribution in [2.45, 2.75) is 40.0 Å². The van der Waals surface area contributed by atoms with Crippen LogP contribution >= 0.6 is 0 Å². The molecule has 0 saturated heterocycles. The van der Waals surface area contributed by atoms with Gasteiger partial charge < -0.3 is 4.43 Å². The van der Waals surface area contributed by atoms with Crippen LogP contribution in [0.2, 0.25) is 13.1 Å². The molecule has 0 aromatic heterocycles. The number of hydrogen-bond donors (Lipinski definition) is 0. The van der Waals surface area contributed by atoms with Gasteiger partial charge in [0.25, 0.3) is 5.69 Å². The van der Waals surface area contributed by atoms with Crippen LogP contribution in [0.4, 0.5) is 10.1 Å². The second-order valence-electron chi connectivity index (χ2n) is 7.32. The summed E-state index contributed by atoms with van der Waals surface area (Å²) in [5, 5.41) is 10.9. The van der Waals surface area contributed by atoms with Crippen LogP contribution in [0.15, 0.2) is 42.5 Å². The first-order chi connectivity index (χ1) is 11.6. The molecule has 0 saturated carbocycles. The average Bonchev–Trinajstić information content (AvgIpc) is 2.52. The Labute approximate surface area is 149 Å². The van der Waals surface area contributed by atoms with Crippen molar-refractivity contribution in [1.82, 2.24) is 0 Å². The molecule has 25 heavy (non-hydrogen) atoms. The van der Waals surface area contributed by atoms with E-state index in [2.05, 4.69) is 33.9 Å². The Morgan fingerprint density at radius 3 is 2.20 bits per heavy atom. The van der Waals surface area contributed by atoms with E-state index in [-0.39, 0.29) is 22.8 Å². The van der Waals surface area contributed by atoms with Crippen molar-refractivity contribution in [2.24, 2.45) is 5.41 Å². The summed E-state index contributed by atoms with van der Waals surface area (Å²) in [7, 11) is -0.881. The summed E-state index contributed by atoms with van der Waals surface area (Å²) in [4.78, 5) is 10.4. The molecule has 1 unspecified atom stereocenters. The quantitative estimate of drug-likeness (QED) is 0.387. The van der Waals surface area contributed by atoms with E-state index in [0.717, 1.165) is 11.6 Å². The largest absolute Gasteiger partial charge is 0.410 e. The van der Waals surface area contributed by atoms with E-state index in [0.29, 0.717) is 5.56 Å². The van der Waals surface area contributed by atoms with Gasteiger partial charge in [0.1, 0.15) is 5.82 Å². The Balaban J connectivity index is 2.39. The molecule has 0 heterocycles. The highest BCUT2D eigenvalue weighted by molar-refractivity contribution is 6.48. The van der Waals surface area contributed by atoms with Gasteiger partial charge in [-0.1, -0.05) is 45.0 Å². The molecule has 0 bridgehead atoms. The summed E-state index contributed by atoms with van der Waals surface area (Å²) in [6.45, 7) is 10.6. The smallest absolute Gasteiger partial charge is 0.270 e. The Hall–Kier alpha value is -2.05. The molecular weight excluding hydrogens is 337 g/mol. The Bertz CT molecular complexity index is 754. The highest BCUT2D eigenvalue weighted by Crippen LogP contribution is 2.37. The van der Waals surface area contributed by atoms with E-state index in [4.69, 9.17) is 4.43 Å². The molecule has 2 aromatic carbocycles. The van der Waals surface area contributed by atoms with E-state index in [1.807, 2.05) is 12.1 Å². The number of rotatable bonds is 5. The fourth-order valence-electron chi connectivity index (χ4n) is 2.67. The van der Waals surface area contributed by atoms with Crippen molar-refractivity contribution in [3.8, 4) is 11.1 Å². The fourth-order valence-corrected chi connectivity index (χ4v) is 3.63. The minimum absolute atomic E-state index is 0.0552. The molecule has 4 nitrogen and oxygen atoms in total. The summed E-state index contributed by atoms with van der Waals surface area (Å²) in [5.41, 5.74) is 1.66. The molecule has 133 valence electrons. The van der Waals surface area contributed by atoms with Crippen molar-refractivity contribution in [3.63, 3.8) is 0 Å². The highest BCUT2D eigenvalue weighted by atomic mass is 28.3. The van der Waals surface area contributed by atoms with Gasteiger partial charge in [0.15, 0.2) is 0 Å². The van der Waals surface area contributed by atoms with E-state index in [9.17, 15) is 14.5 Å². The van der Waals surface area contributed by atoms with Gasteiger partial charge in [-0.25, -0.2) is 4.39 Å². The van der Waals surface area contributed by atoms with Gasteiger partial charge >= 0.3 is 0 Å². The molecule has 1 atom stereocenters. The first-order valence-electron chi connectivity index (χ1n) is 8.10. The summed E-state index contributed by atoms with van der Waals surface area (Å²) in [5.74, 6) is -0.477. The predicted octanol–water partition coefficient (Wildman–Crippen LogP) is 5.76. The van der Waals surface area contributed by atoms with Crippen LogP contribution in [-0.4, -0.2) is 14.0 Å². The lowest BCUT2D eigenvalue weighted by molar-refractivity contribution is -0.384. The number of nitro benzene ring substituents is 1. The number of nitrogens with zero attached hydrogens (tertiary/aromatic N) is 1. The second-order valence-corrected chi connectivity index (χ2v) is 9.37. The molecule has 0 aliphatic heterocycles. The summed E-state index contributed by atoms with van der Waals surface area (Å²) < 4.78 is 20.3. The molecule has 2 aromatic rings. The third-order valence-electron chi connectivity index (χ3n) is 3.83. The van der Waals surface area contributed by atoms with Crippen molar-refractivity contribution < 1.29 is 13.7 Å². The lowest BCUT2D eigenvalue weighted by Gasteiger charge is -2.33. The molecule has 0 N–H and O–H groups in total. The normalized spacial score (nSPS) is 13.1. The van der Waals surface area contributed by atoms with Crippen molar-refractivity contribution in [3.05, 3.63) is 64.0 Å². The minimum atomic E-state index is -0.881. The third-order valence-corrected chi connectivity index (χ3v) is 4.53. The van der Waals surface area contributed by atoms with Gasteiger partial charge in [-0.3, -0.25) is 10.1 Å². The zero-order chi connectivity index (χ0) is 18.8. The van der Waals surface area contributed by atoms with E-state index in [1.54, 1.807) is 12.1 Å². The number of benzene rings is 2. The maximum absolute atomic E-state index is 14.1. The van der Waals surface area contributed by atoms with Crippen LogP contribution in [0, 0.1) is 21.3 Å². The third kappa shape index (κ3) is 4.73. The number of hydrogen-bond acceptors (Lipinski definition) is 3. The molecule has 0 fully saturated rings. The standard InChI is InChI=1S/C19H23FNO3Si/c1-19(2,3)18(24-25(4)5)14-8-6-13(7-9-14)16-12-15(21(22)23)10-11-17(16)20/h6-12,18H,1-5H3. The fraction of sp³-hybridized carbons (Fsp3) is 0.368. The SMILES string of the molecule is C[Si](C)OC(c1ccc(-c2cc([N+](=O)[O-])ccc2F)cc1)C(C)(C)C. The maximum Gasteiger partial charge on any atom is 0.270 e. The summed E-state index contributed by atoms with van der Waals surface area (Å²) in [6.07, 6.45) is -0.0552. The van der Waals surface area contributed by atoms with Gasteiger partial charge in [0.2, 0.25) is 9.04 Å². The molecular formula is C19H23FNO3Si. The summed E-state index contributed by atoms with van der Waals surface area (Å²) in [6, 6.07) is 11.0. The maximum atomic E-state index is 14.1. The first kappa shape index (κ1) is 19.3. The monoisotopic (exact) mass is 360 g/mol. The average molecular weight is 360 g/mol. The van der Waals surface area contributed by atoms with Crippen LogP contribution in [0.25, 0.3) is 11.1 Å². The van der Waals surface area contributed by atoms with Gasteiger partial charge in [-0.05, 0) is 35.7 Å².